The van der Waals surface area contributed by atoms with Crippen LogP contribution in [-0.2, 0) is 9.53 Å². The molecule has 7 nitrogen and oxygen atoms in total. The Morgan fingerprint density at radius 3 is 2.56 bits per heavy atom. The number of thioether (sulfide) groups is 1. The monoisotopic (exact) mass is 476 g/mol. The smallest absolute Gasteiger partial charge is 0.252 e. The Morgan fingerprint density at radius 1 is 1.09 bits per heavy atom. The number of carbonyl (C=O) groups excluding carboxylic acids is 2. The fourth-order valence-electron chi connectivity index (χ4n) is 3.95. The van der Waals surface area contributed by atoms with E-state index in [1.54, 1.807) is 6.07 Å². The second-order valence-corrected chi connectivity index (χ2v) is 10.0. The molecule has 1 saturated heterocycles. The van der Waals surface area contributed by atoms with Crippen LogP contribution < -0.4 is 15.5 Å². The van der Waals surface area contributed by atoms with E-state index in [-0.39, 0.29) is 23.1 Å². The summed E-state index contributed by atoms with van der Waals surface area (Å²) >= 11 is 1.35. The van der Waals surface area contributed by atoms with E-state index in [1.807, 2.05) is 55.5 Å². The van der Waals surface area contributed by atoms with Crippen LogP contribution in [0.15, 0.2) is 59.6 Å². The summed E-state index contributed by atoms with van der Waals surface area (Å²) in [7, 11) is 0. The topological polar surface area (TPSA) is 83.6 Å². The quantitative estimate of drug-likeness (QED) is 0.500. The lowest BCUT2D eigenvalue weighted by Gasteiger charge is -2.28. The van der Waals surface area contributed by atoms with Gasteiger partial charge in [0.05, 0.1) is 34.6 Å². The van der Waals surface area contributed by atoms with Crippen LogP contribution in [0.1, 0.15) is 30.1 Å². The first-order valence-corrected chi connectivity index (χ1v) is 12.6. The van der Waals surface area contributed by atoms with Gasteiger partial charge in [-0.1, -0.05) is 30.0 Å². The highest BCUT2D eigenvalue weighted by atomic mass is 32.2. The number of nitrogens with one attached hydrogen (secondary N) is 2. The minimum absolute atomic E-state index is 0.0830. The average Bonchev–Trinajstić information content (AvgIpc) is 3.68. The molecule has 0 bridgehead atoms. The zero-order valence-corrected chi connectivity index (χ0v) is 19.9. The Bertz CT molecular complexity index is 1190. The van der Waals surface area contributed by atoms with Crippen molar-refractivity contribution < 1.29 is 14.3 Å². The molecule has 0 spiro atoms. The molecule has 5 rings (SSSR count). The maximum absolute atomic E-state index is 12.9. The Balaban J connectivity index is 1.26. The second kappa shape index (κ2) is 10.0. The number of anilines is 2. The minimum atomic E-state index is -0.382. The molecule has 1 unspecified atom stereocenters. The third-order valence-corrected chi connectivity index (χ3v) is 7.05. The number of carbonyl (C=O) groups is 2. The number of benzene rings is 2. The first-order valence-electron chi connectivity index (χ1n) is 11.7. The van der Waals surface area contributed by atoms with Gasteiger partial charge in [0, 0.05) is 35.9 Å². The fourth-order valence-corrected chi connectivity index (χ4v) is 4.81. The van der Waals surface area contributed by atoms with Crippen LogP contribution in [0, 0.1) is 0 Å². The van der Waals surface area contributed by atoms with Gasteiger partial charge in [-0.25, -0.2) is 4.98 Å². The third kappa shape index (κ3) is 5.34. The lowest BCUT2D eigenvalue weighted by Crippen LogP contribution is -2.36. The number of hydrogen-bond donors (Lipinski definition) is 2. The highest BCUT2D eigenvalue weighted by Gasteiger charge is 2.25. The summed E-state index contributed by atoms with van der Waals surface area (Å²) in [5, 5.41) is 7.15. The standard InChI is InChI=1S/C26H28N4O3S/c1-17(25(31)27-19-8-10-20(11-9-19)30-12-14-33-15-13-30)34-24-16-22(26(32)28-18-6-7-18)21-4-2-3-5-23(21)29-24/h2-5,8-11,16-18H,6-7,12-15H2,1H3,(H,27,31)(H,28,32). The number of aromatic nitrogens is 1. The maximum atomic E-state index is 12.9. The summed E-state index contributed by atoms with van der Waals surface area (Å²) in [6.07, 6.45) is 2.06. The maximum Gasteiger partial charge on any atom is 0.252 e. The van der Waals surface area contributed by atoms with Crippen molar-refractivity contribution >= 4 is 45.9 Å². The normalized spacial score (nSPS) is 16.8. The van der Waals surface area contributed by atoms with E-state index in [2.05, 4.69) is 15.5 Å². The van der Waals surface area contributed by atoms with Crippen LogP contribution in [0.5, 0.6) is 0 Å². The second-order valence-electron chi connectivity index (χ2n) is 8.67. The summed E-state index contributed by atoms with van der Waals surface area (Å²) in [6, 6.07) is 17.6. The number of hydrogen-bond acceptors (Lipinski definition) is 6. The summed E-state index contributed by atoms with van der Waals surface area (Å²) in [5.74, 6) is -0.191. The van der Waals surface area contributed by atoms with Crippen LogP contribution in [-0.4, -0.2) is 54.4 Å². The average molecular weight is 477 g/mol. The SMILES string of the molecule is CC(Sc1cc(C(=O)NC2CC2)c2ccccc2n1)C(=O)Nc1ccc(N2CCOCC2)cc1. The molecule has 2 aliphatic rings. The van der Waals surface area contributed by atoms with Gasteiger partial charge in [0.1, 0.15) is 0 Å². The van der Waals surface area contributed by atoms with Crippen molar-refractivity contribution in [2.24, 2.45) is 0 Å². The van der Waals surface area contributed by atoms with E-state index in [0.717, 1.165) is 61.4 Å². The number of nitrogens with zero attached hydrogens (tertiary/aromatic N) is 2. The molecule has 1 atom stereocenters. The van der Waals surface area contributed by atoms with Gasteiger partial charge >= 0.3 is 0 Å². The number of fused-ring (bicyclic) bond motifs is 1. The van der Waals surface area contributed by atoms with Gasteiger partial charge in [-0.3, -0.25) is 9.59 Å². The first kappa shape index (κ1) is 22.7. The summed E-state index contributed by atoms with van der Waals surface area (Å²) in [4.78, 5) is 32.7. The highest BCUT2D eigenvalue weighted by Crippen LogP contribution is 2.29. The Hall–Kier alpha value is -3.10. The molecular formula is C26H28N4O3S. The number of rotatable bonds is 7. The molecule has 2 fully saturated rings. The van der Waals surface area contributed by atoms with Gasteiger partial charge in [0.2, 0.25) is 5.91 Å². The molecule has 2 heterocycles. The van der Waals surface area contributed by atoms with Crippen LogP contribution in [0.3, 0.4) is 0 Å². The predicted octanol–water partition coefficient (Wildman–Crippen LogP) is 4.08. The Morgan fingerprint density at radius 2 is 1.82 bits per heavy atom. The molecule has 1 aromatic heterocycles. The van der Waals surface area contributed by atoms with E-state index in [9.17, 15) is 9.59 Å². The van der Waals surface area contributed by atoms with Gasteiger partial charge in [0.25, 0.3) is 5.91 Å². The first-order chi connectivity index (χ1) is 16.6. The third-order valence-electron chi connectivity index (χ3n) is 6.03. The summed E-state index contributed by atoms with van der Waals surface area (Å²) in [5.41, 5.74) is 3.23. The lowest BCUT2D eigenvalue weighted by molar-refractivity contribution is -0.115. The molecular weight excluding hydrogens is 448 g/mol. The fraction of sp³-hybridized carbons (Fsp3) is 0.346. The molecule has 1 aliphatic carbocycles. The number of pyridine rings is 1. The molecule has 34 heavy (non-hydrogen) atoms. The van der Waals surface area contributed by atoms with Gasteiger partial charge in [-0.05, 0) is 56.2 Å². The Kier molecular flexibility index (Phi) is 6.69. The Labute approximate surface area is 203 Å². The van der Waals surface area contributed by atoms with Crippen LogP contribution in [0.25, 0.3) is 10.9 Å². The summed E-state index contributed by atoms with van der Waals surface area (Å²) < 4.78 is 5.41. The molecule has 8 heteroatoms. The molecule has 0 radical (unpaired) electrons. The van der Waals surface area contributed by atoms with E-state index >= 15 is 0 Å². The zero-order chi connectivity index (χ0) is 23.5. The molecule has 2 amide bonds. The van der Waals surface area contributed by atoms with Crippen molar-refractivity contribution in [2.45, 2.75) is 36.1 Å². The van der Waals surface area contributed by atoms with Crippen LogP contribution >= 0.6 is 11.8 Å². The number of morpholine rings is 1. The van der Waals surface area contributed by atoms with Crippen LogP contribution in [0.2, 0.25) is 0 Å². The number of ether oxygens (including phenoxy) is 1. The summed E-state index contributed by atoms with van der Waals surface area (Å²) in [6.45, 7) is 5.07. The van der Waals surface area contributed by atoms with E-state index in [4.69, 9.17) is 9.72 Å². The molecule has 2 aromatic carbocycles. The van der Waals surface area contributed by atoms with Crippen molar-refractivity contribution in [2.75, 3.05) is 36.5 Å². The van der Waals surface area contributed by atoms with Crippen molar-refractivity contribution in [3.05, 3.63) is 60.2 Å². The minimum Gasteiger partial charge on any atom is -0.378 e. The van der Waals surface area contributed by atoms with E-state index in [0.29, 0.717) is 10.6 Å². The number of para-hydroxylation sites is 1. The molecule has 2 N–H and O–H groups in total. The molecule has 176 valence electrons. The van der Waals surface area contributed by atoms with Crippen molar-refractivity contribution in [3.63, 3.8) is 0 Å². The van der Waals surface area contributed by atoms with Gasteiger partial charge in [-0.15, -0.1) is 0 Å². The number of amides is 2. The van der Waals surface area contributed by atoms with Crippen molar-refractivity contribution in [3.8, 4) is 0 Å². The predicted molar refractivity (Wildman–Crippen MR) is 136 cm³/mol. The van der Waals surface area contributed by atoms with E-state index < -0.39 is 0 Å². The largest absolute Gasteiger partial charge is 0.378 e. The molecule has 3 aromatic rings. The molecule has 1 aliphatic heterocycles. The van der Waals surface area contributed by atoms with E-state index in [1.165, 1.54) is 11.8 Å². The van der Waals surface area contributed by atoms with Gasteiger partial charge in [-0.2, -0.15) is 0 Å². The lowest BCUT2D eigenvalue weighted by atomic mass is 10.1. The highest BCUT2D eigenvalue weighted by molar-refractivity contribution is 8.00. The van der Waals surface area contributed by atoms with Crippen molar-refractivity contribution in [1.82, 2.24) is 10.3 Å². The van der Waals surface area contributed by atoms with Gasteiger partial charge < -0.3 is 20.3 Å². The molecule has 1 saturated carbocycles. The van der Waals surface area contributed by atoms with Gasteiger partial charge in [0.15, 0.2) is 0 Å². The van der Waals surface area contributed by atoms with Crippen LogP contribution in [0.4, 0.5) is 11.4 Å². The van der Waals surface area contributed by atoms with Crippen molar-refractivity contribution in [1.29, 1.82) is 0 Å². The zero-order valence-electron chi connectivity index (χ0n) is 19.1.